The quantitative estimate of drug-likeness (QED) is 0.0913. The number of fused-ring (bicyclic) bond motifs is 1. The molecular formula is C48H55ClO11. The summed E-state index contributed by atoms with van der Waals surface area (Å²) in [7, 11) is 8.01. The normalized spacial score (nSPS) is 24.4. The zero-order valence-electron chi connectivity index (χ0n) is 34.8. The molecule has 0 radical (unpaired) electrons. The van der Waals surface area contributed by atoms with Crippen molar-refractivity contribution in [3.8, 4) is 17.2 Å². The molecule has 0 spiro atoms. The van der Waals surface area contributed by atoms with Crippen LogP contribution >= 0.6 is 11.6 Å². The smallest absolute Gasteiger partial charge is 0.149 e. The Morgan fingerprint density at radius 2 is 1.17 bits per heavy atom. The zero-order valence-corrected chi connectivity index (χ0v) is 35.5. The van der Waals surface area contributed by atoms with E-state index < -0.39 is 36.6 Å². The zero-order chi connectivity index (χ0) is 42.0. The highest BCUT2D eigenvalue weighted by Crippen LogP contribution is 2.52. The molecule has 60 heavy (non-hydrogen) atoms. The van der Waals surface area contributed by atoms with Gasteiger partial charge in [-0.1, -0.05) is 103 Å². The lowest BCUT2D eigenvalue weighted by atomic mass is 9.86. The Bertz CT molecular complexity index is 2100. The lowest BCUT2D eigenvalue weighted by Crippen LogP contribution is -2.50. The van der Waals surface area contributed by atoms with Crippen molar-refractivity contribution in [2.45, 2.75) is 81.5 Å². The second-order valence-corrected chi connectivity index (χ2v) is 15.5. The summed E-state index contributed by atoms with van der Waals surface area (Å²) in [6.07, 6.45) is -3.29. The number of methoxy groups -OCH3 is 5. The lowest BCUT2D eigenvalue weighted by Gasteiger charge is -2.43. The van der Waals surface area contributed by atoms with Crippen molar-refractivity contribution in [2.24, 2.45) is 0 Å². The first-order chi connectivity index (χ1) is 29.4. The van der Waals surface area contributed by atoms with E-state index >= 15 is 0 Å². The summed E-state index contributed by atoms with van der Waals surface area (Å²) in [6.45, 7) is 1.51. The summed E-state index contributed by atoms with van der Waals surface area (Å²) >= 11 is 6.86. The molecule has 0 amide bonds. The van der Waals surface area contributed by atoms with E-state index in [1.54, 1.807) is 34.5 Å². The van der Waals surface area contributed by atoms with Crippen LogP contribution in [-0.2, 0) is 57.7 Å². The second kappa shape index (κ2) is 21.0. The van der Waals surface area contributed by atoms with Gasteiger partial charge in [-0.2, -0.15) is 0 Å². The first-order valence-electron chi connectivity index (χ1n) is 20.2. The molecule has 11 nitrogen and oxygen atoms in total. The standard InChI is InChI=1S/C48H55ClO11/c1-51-28-41-47(55-5)39(53-3)23-36(59-41)33-21-34(45(50)44-43(33)38(52-2)22-35(49)46(44)54-4)37-24-40(57-26-31-17-11-7-12-18-31)48(58-27-32-19-13-8-14-20-32)42(60-37)29-56-25-30-15-9-6-10-16-30/h6-22,36-37,39-42,47-48,50H,23-29H2,1-5H3/t36-,37-,39-,40-,41-,42-,47+,48+/m1/s1. The molecule has 2 aliphatic heterocycles. The molecule has 7 rings (SSSR count). The van der Waals surface area contributed by atoms with E-state index in [4.69, 9.17) is 59.0 Å². The molecule has 1 N–H and O–H groups in total. The van der Waals surface area contributed by atoms with Crippen molar-refractivity contribution in [3.05, 3.63) is 136 Å². The van der Waals surface area contributed by atoms with E-state index in [0.717, 1.165) is 22.3 Å². The molecular weight excluding hydrogens is 788 g/mol. The largest absolute Gasteiger partial charge is 0.507 e. The van der Waals surface area contributed by atoms with E-state index in [2.05, 4.69) is 0 Å². The number of phenols is 1. The Morgan fingerprint density at radius 1 is 0.600 bits per heavy atom. The third-order valence-corrected chi connectivity index (χ3v) is 11.6. The molecule has 0 saturated carbocycles. The molecule has 2 fully saturated rings. The van der Waals surface area contributed by atoms with Crippen LogP contribution in [0.2, 0.25) is 5.02 Å². The van der Waals surface area contributed by atoms with Crippen LogP contribution in [0, 0.1) is 0 Å². The number of aromatic hydroxyl groups is 1. The van der Waals surface area contributed by atoms with Gasteiger partial charge >= 0.3 is 0 Å². The monoisotopic (exact) mass is 842 g/mol. The number of halogens is 1. The van der Waals surface area contributed by atoms with Gasteiger partial charge in [0.25, 0.3) is 0 Å². The van der Waals surface area contributed by atoms with E-state index in [0.29, 0.717) is 54.7 Å². The predicted octanol–water partition coefficient (Wildman–Crippen LogP) is 8.94. The number of benzene rings is 5. The van der Waals surface area contributed by atoms with Crippen molar-refractivity contribution >= 4 is 22.4 Å². The first kappa shape index (κ1) is 43.8. The molecule has 320 valence electrons. The molecule has 0 aliphatic carbocycles. The van der Waals surface area contributed by atoms with Crippen LogP contribution in [0.25, 0.3) is 10.8 Å². The molecule has 0 unspecified atom stereocenters. The molecule has 0 aromatic heterocycles. The highest BCUT2D eigenvalue weighted by molar-refractivity contribution is 6.34. The van der Waals surface area contributed by atoms with Crippen LogP contribution in [0.1, 0.15) is 52.9 Å². The Labute approximate surface area is 357 Å². The van der Waals surface area contributed by atoms with Gasteiger partial charge in [-0.15, -0.1) is 0 Å². The van der Waals surface area contributed by atoms with Gasteiger partial charge in [0.1, 0.15) is 41.7 Å². The van der Waals surface area contributed by atoms with E-state index in [9.17, 15) is 5.11 Å². The fourth-order valence-electron chi connectivity index (χ4n) is 8.45. The molecule has 2 heterocycles. The van der Waals surface area contributed by atoms with Gasteiger partial charge in [-0.05, 0) is 28.3 Å². The topological polar surface area (TPSA) is 113 Å². The summed E-state index contributed by atoms with van der Waals surface area (Å²) in [5, 5.41) is 13.8. The Morgan fingerprint density at radius 3 is 1.73 bits per heavy atom. The highest BCUT2D eigenvalue weighted by atomic mass is 35.5. The average molecular weight is 843 g/mol. The van der Waals surface area contributed by atoms with Gasteiger partial charge in [0.2, 0.25) is 0 Å². The summed E-state index contributed by atoms with van der Waals surface area (Å²) in [5.41, 5.74) is 4.29. The third kappa shape index (κ3) is 9.92. The van der Waals surface area contributed by atoms with E-state index in [1.807, 2.05) is 97.1 Å². The molecule has 2 saturated heterocycles. The van der Waals surface area contributed by atoms with Crippen LogP contribution in [0.4, 0.5) is 0 Å². The summed E-state index contributed by atoms with van der Waals surface area (Å²) in [4.78, 5) is 0. The number of hydrogen-bond donors (Lipinski definition) is 1. The van der Waals surface area contributed by atoms with Crippen LogP contribution in [0.15, 0.2) is 103 Å². The lowest BCUT2D eigenvalue weighted by molar-refractivity contribution is -0.222. The van der Waals surface area contributed by atoms with Crippen LogP contribution < -0.4 is 9.47 Å². The molecule has 5 aromatic rings. The van der Waals surface area contributed by atoms with Crippen LogP contribution in [-0.4, -0.2) is 90.5 Å². The minimum atomic E-state index is -0.700. The van der Waals surface area contributed by atoms with Gasteiger partial charge in [-0.25, -0.2) is 0 Å². The Hall–Kier alpha value is -4.27. The predicted molar refractivity (Wildman–Crippen MR) is 228 cm³/mol. The summed E-state index contributed by atoms with van der Waals surface area (Å²) in [6, 6.07) is 33.7. The van der Waals surface area contributed by atoms with Crippen molar-refractivity contribution in [3.63, 3.8) is 0 Å². The van der Waals surface area contributed by atoms with Crippen LogP contribution in [0.5, 0.6) is 17.2 Å². The van der Waals surface area contributed by atoms with Gasteiger partial charge in [0, 0.05) is 51.2 Å². The number of rotatable bonds is 18. The minimum Gasteiger partial charge on any atom is -0.507 e. The molecule has 8 atom stereocenters. The SMILES string of the molecule is COC[C@H]1O[C@@H](c2cc([C@H]3C[C@@H](OCc4ccccc4)[C@H](OCc4ccccc4)[C@@H](COCc4ccccc4)O3)c(O)c3c(OC)c(Cl)cc(OC)c23)C[C@@H](OC)[C@@H]1OC. The maximum atomic E-state index is 12.5. The molecule has 2 aliphatic rings. The van der Waals surface area contributed by atoms with E-state index in [1.165, 1.54) is 7.11 Å². The number of hydrogen-bond acceptors (Lipinski definition) is 11. The Balaban J connectivity index is 1.33. The molecule has 5 aromatic carbocycles. The van der Waals surface area contributed by atoms with Crippen molar-refractivity contribution < 1.29 is 52.5 Å². The van der Waals surface area contributed by atoms with Crippen molar-refractivity contribution in [2.75, 3.05) is 48.8 Å². The first-order valence-corrected chi connectivity index (χ1v) is 20.6. The van der Waals surface area contributed by atoms with Gasteiger partial charge in [0.15, 0.2) is 0 Å². The van der Waals surface area contributed by atoms with E-state index in [-0.39, 0.29) is 41.9 Å². The summed E-state index contributed by atoms with van der Waals surface area (Å²) in [5.74, 6) is 0.667. The summed E-state index contributed by atoms with van der Waals surface area (Å²) < 4.78 is 63.1. The number of ether oxygens (including phenoxy) is 10. The second-order valence-electron chi connectivity index (χ2n) is 15.1. The third-order valence-electron chi connectivity index (χ3n) is 11.4. The fourth-order valence-corrected chi connectivity index (χ4v) is 8.72. The molecule has 12 heteroatoms. The van der Waals surface area contributed by atoms with Gasteiger partial charge in [-0.3, -0.25) is 0 Å². The maximum absolute atomic E-state index is 12.5. The fraction of sp³-hybridized carbons (Fsp3) is 0.417. The minimum absolute atomic E-state index is 0.0619. The Kier molecular flexibility index (Phi) is 15.3. The number of phenolic OH excluding ortho intramolecular Hbond substituents is 1. The van der Waals surface area contributed by atoms with Crippen molar-refractivity contribution in [1.82, 2.24) is 0 Å². The van der Waals surface area contributed by atoms with Gasteiger partial charge < -0.3 is 52.5 Å². The van der Waals surface area contributed by atoms with Crippen LogP contribution in [0.3, 0.4) is 0 Å². The molecule has 0 bridgehead atoms. The average Bonchev–Trinajstić information content (AvgIpc) is 3.28. The van der Waals surface area contributed by atoms with Crippen molar-refractivity contribution in [1.29, 1.82) is 0 Å². The van der Waals surface area contributed by atoms with Gasteiger partial charge in [0.05, 0.1) is 82.1 Å². The highest BCUT2D eigenvalue weighted by Gasteiger charge is 2.45. The maximum Gasteiger partial charge on any atom is 0.149 e.